The van der Waals surface area contributed by atoms with E-state index in [0.29, 0.717) is 4.47 Å². The van der Waals surface area contributed by atoms with Gasteiger partial charge in [0.2, 0.25) is 0 Å². The summed E-state index contributed by atoms with van der Waals surface area (Å²) in [4.78, 5) is 13.0. The molecule has 1 nitrogen and oxygen atoms in total. The van der Waals surface area contributed by atoms with Gasteiger partial charge in [0, 0.05) is 13.8 Å². The van der Waals surface area contributed by atoms with Gasteiger partial charge in [0.05, 0.1) is 11.3 Å². The molecule has 0 N–H and O–H groups in total. The largest absolute Gasteiger partial charge is 0.293 e. The Morgan fingerprint density at radius 3 is 2.58 bits per heavy atom. The van der Waals surface area contributed by atoms with Crippen molar-refractivity contribution in [3.63, 3.8) is 0 Å². The molecule has 0 unspecified atom stereocenters. The van der Waals surface area contributed by atoms with Crippen molar-refractivity contribution in [2.75, 3.05) is 5.75 Å². The van der Waals surface area contributed by atoms with E-state index in [1.54, 1.807) is 6.07 Å². The summed E-state index contributed by atoms with van der Waals surface area (Å²) in [5, 5.41) is 0. The van der Waals surface area contributed by atoms with Crippen LogP contribution < -0.4 is 0 Å². The average Bonchev–Trinajstić information content (AvgIpc) is 2.39. The molecule has 0 aliphatic rings. The third kappa shape index (κ3) is 4.16. The van der Waals surface area contributed by atoms with E-state index in [4.69, 9.17) is 0 Å². The van der Waals surface area contributed by atoms with Gasteiger partial charge in [-0.25, -0.2) is 4.39 Å². The molecule has 5 heteroatoms. The molecule has 0 spiro atoms. The fraction of sp³-hybridized carbons (Fsp3) is 0.0714. The van der Waals surface area contributed by atoms with Gasteiger partial charge in [-0.2, -0.15) is 0 Å². The van der Waals surface area contributed by atoms with E-state index >= 15 is 0 Å². The van der Waals surface area contributed by atoms with Crippen molar-refractivity contribution in [3.05, 3.63) is 62.8 Å². The number of hydrogen-bond acceptors (Lipinski definition) is 2. The fourth-order valence-corrected chi connectivity index (χ4v) is 3.24. The van der Waals surface area contributed by atoms with E-state index in [1.165, 1.54) is 23.9 Å². The van der Waals surface area contributed by atoms with Gasteiger partial charge >= 0.3 is 0 Å². The second-order valence-corrected chi connectivity index (χ2v) is 6.67. The van der Waals surface area contributed by atoms with Gasteiger partial charge in [0.25, 0.3) is 0 Å². The smallest absolute Gasteiger partial charge is 0.176 e. The highest BCUT2D eigenvalue weighted by molar-refractivity contribution is 9.10. The number of ketones is 1. The predicted octanol–water partition coefficient (Wildman–Crippen LogP) is 5.33. The minimum atomic E-state index is -0.483. The molecule has 0 bridgehead atoms. The summed E-state index contributed by atoms with van der Waals surface area (Å²) < 4.78 is 15.2. The quantitative estimate of drug-likeness (QED) is 0.507. The van der Waals surface area contributed by atoms with Gasteiger partial charge in [0.15, 0.2) is 5.78 Å². The Labute approximate surface area is 131 Å². The zero-order valence-electron chi connectivity index (χ0n) is 9.70. The highest BCUT2D eigenvalue weighted by atomic mass is 79.9. The Morgan fingerprint density at radius 1 is 1.11 bits per heavy atom. The lowest BCUT2D eigenvalue weighted by molar-refractivity contribution is 0.101. The van der Waals surface area contributed by atoms with Crippen molar-refractivity contribution in [2.45, 2.75) is 4.90 Å². The summed E-state index contributed by atoms with van der Waals surface area (Å²) >= 11 is 8.00. The zero-order chi connectivity index (χ0) is 13.8. The fourth-order valence-electron chi connectivity index (χ4n) is 1.49. The van der Waals surface area contributed by atoms with Crippen molar-refractivity contribution in [2.24, 2.45) is 0 Å². The van der Waals surface area contributed by atoms with E-state index in [-0.39, 0.29) is 17.1 Å². The first kappa shape index (κ1) is 14.8. The summed E-state index contributed by atoms with van der Waals surface area (Å²) in [6.07, 6.45) is 0. The predicted molar refractivity (Wildman–Crippen MR) is 83.3 cm³/mol. The maximum atomic E-state index is 13.6. The number of carbonyl (C=O) groups is 1. The average molecular weight is 404 g/mol. The van der Waals surface area contributed by atoms with Gasteiger partial charge in [-0.15, -0.1) is 11.8 Å². The molecule has 0 heterocycles. The monoisotopic (exact) mass is 402 g/mol. The topological polar surface area (TPSA) is 17.1 Å². The number of thioether (sulfide) groups is 1. The van der Waals surface area contributed by atoms with Crippen LogP contribution in [0.25, 0.3) is 0 Å². The summed E-state index contributed by atoms with van der Waals surface area (Å²) in [6.45, 7) is 0. The van der Waals surface area contributed by atoms with Crippen LogP contribution in [0.1, 0.15) is 10.4 Å². The highest BCUT2D eigenvalue weighted by Gasteiger charge is 2.12. The van der Waals surface area contributed by atoms with Gasteiger partial charge in [-0.05, 0) is 36.4 Å². The molecule has 0 saturated carbocycles. The molecule has 2 aromatic carbocycles. The second kappa shape index (κ2) is 6.68. The van der Waals surface area contributed by atoms with Crippen LogP contribution in [-0.2, 0) is 0 Å². The normalized spacial score (nSPS) is 10.5. The van der Waals surface area contributed by atoms with E-state index in [2.05, 4.69) is 31.9 Å². The van der Waals surface area contributed by atoms with E-state index in [9.17, 15) is 9.18 Å². The number of rotatable bonds is 4. The molecule has 0 aliphatic heterocycles. The Hall–Kier alpha value is -0.650. The molecule has 0 radical (unpaired) electrons. The molecule has 0 fully saturated rings. The van der Waals surface area contributed by atoms with Crippen molar-refractivity contribution in [1.82, 2.24) is 0 Å². The number of hydrogen-bond donors (Lipinski definition) is 0. The zero-order valence-corrected chi connectivity index (χ0v) is 13.7. The first-order chi connectivity index (χ1) is 9.06. The number of carbonyl (C=O) groups excluding carboxylic acids is 1. The lowest BCUT2D eigenvalue weighted by Crippen LogP contribution is -2.05. The number of benzene rings is 2. The molecule has 98 valence electrons. The van der Waals surface area contributed by atoms with Crippen LogP contribution in [0.3, 0.4) is 0 Å². The standard InChI is InChI=1S/C14H9Br2FOS/c15-9-2-1-3-11(6-9)19-8-14(18)12-7-10(16)4-5-13(12)17/h1-7H,8H2. The van der Waals surface area contributed by atoms with Crippen LogP contribution >= 0.6 is 43.6 Å². The van der Waals surface area contributed by atoms with Crippen molar-refractivity contribution >= 4 is 49.4 Å². The molecular formula is C14H9Br2FOS. The van der Waals surface area contributed by atoms with Gasteiger partial charge < -0.3 is 0 Å². The Balaban J connectivity index is 2.07. The van der Waals surface area contributed by atoms with Crippen LogP contribution in [-0.4, -0.2) is 11.5 Å². The summed E-state index contributed by atoms with van der Waals surface area (Å²) in [5.41, 5.74) is 0.122. The molecular weight excluding hydrogens is 395 g/mol. The van der Waals surface area contributed by atoms with Crippen molar-refractivity contribution in [1.29, 1.82) is 0 Å². The minimum absolute atomic E-state index is 0.122. The Bertz CT molecular complexity index is 616. The summed E-state index contributed by atoms with van der Waals surface area (Å²) in [7, 11) is 0. The Morgan fingerprint density at radius 2 is 1.84 bits per heavy atom. The molecule has 0 amide bonds. The maximum absolute atomic E-state index is 13.6. The summed E-state index contributed by atoms with van der Waals surface area (Å²) in [6, 6.07) is 12.0. The third-order valence-electron chi connectivity index (χ3n) is 2.39. The second-order valence-electron chi connectivity index (χ2n) is 3.79. The third-order valence-corrected chi connectivity index (χ3v) is 4.38. The first-order valence-corrected chi connectivity index (χ1v) is 8.00. The van der Waals surface area contributed by atoms with Gasteiger partial charge in [-0.3, -0.25) is 4.79 Å². The molecule has 19 heavy (non-hydrogen) atoms. The number of halogens is 3. The van der Waals surface area contributed by atoms with Crippen LogP contribution in [0, 0.1) is 5.82 Å². The maximum Gasteiger partial charge on any atom is 0.176 e. The molecule has 2 aromatic rings. The summed E-state index contributed by atoms with van der Waals surface area (Å²) in [5.74, 6) is -0.490. The van der Waals surface area contributed by atoms with Gasteiger partial charge in [-0.1, -0.05) is 37.9 Å². The van der Waals surface area contributed by atoms with Crippen molar-refractivity contribution in [3.8, 4) is 0 Å². The lowest BCUT2D eigenvalue weighted by atomic mass is 10.1. The first-order valence-electron chi connectivity index (χ1n) is 5.43. The molecule has 0 saturated heterocycles. The van der Waals surface area contributed by atoms with Crippen LogP contribution in [0.4, 0.5) is 4.39 Å². The SMILES string of the molecule is O=C(CSc1cccc(Br)c1)c1cc(Br)ccc1F. The van der Waals surface area contributed by atoms with E-state index < -0.39 is 5.82 Å². The van der Waals surface area contributed by atoms with Crippen LogP contribution in [0.2, 0.25) is 0 Å². The molecule has 0 aromatic heterocycles. The minimum Gasteiger partial charge on any atom is -0.293 e. The van der Waals surface area contributed by atoms with Gasteiger partial charge in [0.1, 0.15) is 5.82 Å². The lowest BCUT2D eigenvalue weighted by Gasteiger charge is -2.04. The molecule has 2 rings (SSSR count). The number of Topliss-reactive ketones (excluding diaryl/α,β-unsaturated/α-hetero) is 1. The van der Waals surface area contributed by atoms with E-state index in [1.807, 2.05) is 24.3 Å². The van der Waals surface area contributed by atoms with E-state index in [0.717, 1.165) is 9.37 Å². The van der Waals surface area contributed by atoms with Crippen LogP contribution in [0.5, 0.6) is 0 Å². The van der Waals surface area contributed by atoms with Crippen LogP contribution in [0.15, 0.2) is 56.3 Å². The molecule has 0 aliphatic carbocycles. The Kier molecular flexibility index (Phi) is 5.19. The van der Waals surface area contributed by atoms with Crippen molar-refractivity contribution < 1.29 is 9.18 Å². The highest BCUT2D eigenvalue weighted by Crippen LogP contribution is 2.24. The molecule has 0 atom stereocenters.